The second kappa shape index (κ2) is 8.95. The predicted molar refractivity (Wildman–Crippen MR) is 111 cm³/mol. The molecule has 0 saturated carbocycles. The van der Waals surface area contributed by atoms with Crippen LogP contribution in [0, 0.1) is 5.92 Å². The molecule has 3 rings (SSSR count). The lowest BCUT2D eigenvalue weighted by Gasteiger charge is -2.48. The Hall–Kier alpha value is -2.41. The third-order valence-corrected chi connectivity index (χ3v) is 5.55. The summed E-state index contributed by atoms with van der Waals surface area (Å²) in [7, 11) is 0. The van der Waals surface area contributed by atoms with E-state index in [4.69, 9.17) is 4.74 Å². The van der Waals surface area contributed by atoms with Crippen molar-refractivity contribution in [1.29, 1.82) is 0 Å². The summed E-state index contributed by atoms with van der Waals surface area (Å²) in [5.41, 5.74) is 0.473. The van der Waals surface area contributed by atoms with E-state index in [1.807, 2.05) is 19.1 Å². The van der Waals surface area contributed by atoms with Crippen molar-refractivity contribution >= 4 is 23.4 Å². The van der Waals surface area contributed by atoms with E-state index in [0.717, 1.165) is 13.0 Å². The van der Waals surface area contributed by atoms with E-state index in [9.17, 15) is 14.4 Å². The van der Waals surface area contributed by atoms with Gasteiger partial charge in [0.1, 0.15) is 5.66 Å². The Morgan fingerprint density at radius 3 is 2.79 bits per heavy atom. The summed E-state index contributed by atoms with van der Waals surface area (Å²) in [6, 6.07) is 7.20. The van der Waals surface area contributed by atoms with Gasteiger partial charge >= 0.3 is 0 Å². The first kappa shape index (κ1) is 21.3. The van der Waals surface area contributed by atoms with E-state index in [1.54, 1.807) is 21.9 Å². The summed E-state index contributed by atoms with van der Waals surface area (Å²) < 4.78 is 5.51. The van der Waals surface area contributed by atoms with Crippen LogP contribution in [-0.4, -0.2) is 54.6 Å². The highest BCUT2D eigenvalue weighted by Gasteiger charge is 2.52. The highest BCUT2D eigenvalue weighted by atomic mass is 16.5. The molecule has 2 heterocycles. The Bertz CT molecular complexity index is 779. The minimum atomic E-state index is -0.715. The molecule has 0 radical (unpaired) electrons. The minimum absolute atomic E-state index is 0.0169. The maximum atomic E-state index is 13.1. The zero-order chi connectivity index (χ0) is 21.0. The Labute approximate surface area is 172 Å². The van der Waals surface area contributed by atoms with E-state index < -0.39 is 5.66 Å². The molecule has 0 bridgehead atoms. The molecule has 1 saturated heterocycles. The van der Waals surface area contributed by atoms with Gasteiger partial charge in [-0.15, -0.1) is 0 Å². The van der Waals surface area contributed by atoms with Crippen molar-refractivity contribution in [3.05, 3.63) is 29.8 Å². The highest BCUT2D eigenvalue weighted by Crippen LogP contribution is 2.43. The first-order chi connectivity index (χ1) is 13.8. The van der Waals surface area contributed by atoms with E-state index in [-0.39, 0.29) is 30.7 Å². The van der Waals surface area contributed by atoms with Gasteiger partial charge in [-0.25, -0.2) is 0 Å². The van der Waals surface area contributed by atoms with Crippen LogP contribution in [-0.2, 0) is 14.3 Å². The molecule has 29 heavy (non-hydrogen) atoms. The predicted octanol–water partition coefficient (Wildman–Crippen LogP) is 2.55. The van der Waals surface area contributed by atoms with Gasteiger partial charge in [0.05, 0.1) is 11.3 Å². The number of nitrogens with zero attached hydrogens (tertiary/aromatic N) is 2. The molecule has 0 aliphatic carbocycles. The Kier molecular flexibility index (Phi) is 6.57. The zero-order valence-corrected chi connectivity index (χ0v) is 17.6. The maximum absolute atomic E-state index is 13.1. The van der Waals surface area contributed by atoms with Crippen molar-refractivity contribution in [2.75, 3.05) is 31.2 Å². The topological polar surface area (TPSA) is 79.0 Å². The molecule has 1 aromatic carbocycles. The summed E-state index contributed by atoms with van der Waals surface area (Å²) >= 11 is 0. The molecule has 1 N–H and O–H groups in total. The quantitative estimate of drug-likeness (QED) is 0.645. The summed E-state index contributed by atoms with van der Waals surface area (Å²) in [4.78, 5) is 41.3. The van der Waals surface area contributed by atoms with Crippen molar-refractivity contribution in [3.63, 3.8) is 0 Å². The van der Waals surface area contributed by atoms with Crippen LogP contribution in [0.25, 0.3) is 0 Å². The lowest BCUT2D eigenvalue weighted by molar-refractivity contribution is -0.121. The summed E-state index contributed by atoms with van der Waals surface area (Å²) in [6.07, 6.45) is 1.94. The SMILES string of the molecule is CC(C)COCCCNC(=O)CCN1C(=O)c2ccccc2N2C(=O)CCC12C. The second-order valence-electron chi connectivity index (χ2n) is 8.34. The molecule has 1 fully saturated rings. The first-order valence-corrected chi connectivity index (χ1v) is 10.4. The van der Waals surface area contributed by atoms with Crippen molar-refractivity contribution in [2.24, 2.45) is 5.92 Å². The van der Waals surface area contributed by atoms with Crippen molar-refractivity contribution in [1.82, 2.24) is 10.2 Å². The molecule has 0 aromatic heterocycles. The molecular formula is C22H31N3O4. The molecule has 7 nitrogen and oxygen atoms in total. The van der Waals surface area contributed by atoms with Crippen molar-refractivity contribution < 1.29 is 19.1 Å². The molecule has 2 aliphatic heterocycles. The number of para-hydroxylation sites is 1. The van der Waals surface area contributed by atoms with Crippen LogP contribution >= 0.6 is 0 Å². The van der Waals surface area contributed by atoms with Crippen LogP contribution in [0.2, 0.25) is 0 Å². The fourth-order valence-electron chi connectivity index (χ4n) is 4.06. The molecule has 158 valence electrons. The average molecular weight is 402 g/mol. The number of rotatable bonds is 9. The van der Waals surface area contributed by atoms with Crippen LogP contribution in [0.15, 0.2) is 24.3 Å². The lowest BCUT2D eigenvalue weighted by Crippen LogP contribution is -2.62. The third kappa shape index (κ3) is 4.45. The van der Waals surface area contributed by atoms with E-state index >= 15 is 0 Å². The van der Waals surface area contributed by atoms with Crippen LogP contribution in [0.1, 0.15) is 56.8 Å². The summed E-state index contributed by atoms with van der Waals surface area (Å²) in [5.74, 6) is 0.299. The smallest absolute Gasteiger partial charge is 0.257 e. The number of carbonyl (C=O) groups is 3. The van der Waals surface area contributed by atoms with E-state index in [0.29, 0.717) is 43.2 Å². The van der Waals surface area contributed by atoms with E-state index in [2.05, 4.69) is 19.2 Å². The monoisotopic (exact) mass is 401 g/mol. The summed E-state index contributed by atoms with van der Waals surface area (Å²) in [6.45, 7) is 8.28. The third-order valence-electron chi connectivity index (χ3n) is 5.55. The molecule has 2 aliphatic rings. The normalized spacial score (nSPS) is 20.8. The molecule has 7 heteroatoms. The largest absolute Gasteiger partial charge is 0.381 e. The van der Waals surface area contributed by atoms with Crippen molar-refractivity contribution in [3.8, 4) is 0 Å². The average Bonchev–Trinajstić information content (AvgIpc) is 2.99. The highest BCUT2D eigenvalue weighted by molar-refractivity contribution is 6.10. The van der Waals surface area contributed by atoms with Crippen LogP contribution < -0.4 is 10.2 Å². The number of benzene rings is 1. The first-order valence-electron chi connectivity index (χ1n) is 10.4. The molecular weight excluding hydrogens is 370 g/mol. The second-order valence-corrected chi connectivity index (χ2v) is 8.34. The van der Waals surface area contributed by atoms with Gasteiger partial charge in [-0.1, -0.05) is 26.0 Å². The van der Waals surface area contributed by atoms with Gasteiger partial charge in [0.25, 0.3) is 5.91 Å². The number of hydrogen-bond acceptors (Lipinski definition) is 4. The Morgan fingerprint density at radius 2 is 2.03 bits per heavy atom. The van der Waals surface area contributed by atoms with Crippen molar-refractivity contribution in [2.45, 2.75) is 52.1 Å². The number of nitrogens with one attached hydrogen (secondary N) is 1. The molecule has 1 unspecified atom stereocenters. The van der Waals surface area contributed by atoms with Gasteiger partial charge in [-0.05, 0) is 37.8 Å². The maximum Gasteiger partial charge on any atom is 0.257 e. The molecule has 0 spiro atoms. The number of hydrogen-bond donors (Lipinski definition) is 1. The van der Waals surface area contributed by atoms with E-state index in [1.165, 1.54) is 0 Å². The van der Waals surface area contributed by atoms with Crippen LogP contribution in [0.4, 0.5) is 5.69 Å². The van der Waals surface area contributed by atoms with Gasteiger partial charge in [0, 0.05) is 39.1 Å². The standard InChI is InChI=1S/C22H31N3O4/c1-16(2)15-29-14-6-12-23-19(26)10-13-24-21(28)17-7-4-5-8-18(17)25-20(27)9-11-22(24,25)3/h4-5,7-8,16H,6,9-15H2,1-3H3,(H,23,26). The number of fused-ring (bicyclic) bond motifs is 3. The molecule has 1 atom stereocenters. The molecule has 3 amide bonds. The van der Waals surface area contributed by atoms with Gasteiger partial charge in [-0.2, -0.15) is 0 Å². The number of anilines is 1. The molecule has 1 aromatic rings. The number of ether oxygens (including phenoxy) is 1. The van der Waals surface area contributed by atoms with Crippen LogP contribution in [0.5, 0.6) is 0 Å². The van der Waals surface area contributed by atoms with Crippen LogP contribution in [0.3, 0.4) is 0 Å². The minimum Gasteiger partial charge on any atom is -0.381 e. The zero-order valence-electron chi connectivity index (χ0n) is 17.6. The summed E-state index contributed by atoms with van der Waals surface area (Å²) in [5, 5.41) is 2.89. The fraction of sp³-hybridized carbons (Fsp3) is 0.591. The van der Waals surface area contributed by atoms with Gasteiger partial charge in [0.15, 0.2) is 0 Å². The number of amides is 3. The van der Waals surface area contributed by atoms with Gasteiger partial charge < -0.3 is 15.0 Å². The Morgan fingerprint density at radius 1 is 1.28 bits per heavy atom. The van der Waals surface area contributed by atoms with Gasteiger partial charge in [-0.3, -0.25) is 19.3 Å². The fourth-order valence-corrected chi connectivity index (χ4v) is 4.06. The number of carbonyl (C=O) groups excluding carboxylic acids is 3. The lowest BCUT2D eigenvalue weighted by atomic mass is 9.98. The Balaban J connectivity index is 1.57. The van der Waals surface area contributed by atoms with Gasteiger partial charge in [0.2, 0.25) is 11.8 Å².